The summed E-state index contributed by atoms with van der Waals surface area (Å²) < 4.78 is 33.4. The van der Waals surface area contributed by atoms with Crippen molar-refractivity contribution in [1.29, 1.82) is 0 Å². The highest BCUT2D eigenvalue weighted by Crippen LogP contribution is 2.34. The second-order valence-electron chi connectivity index (χ2n) is 6.49. The molecule has 1 aliphatic rings. The Labute approximate surface area is 167 Å². The van der Waals surface area contributed by atoms with E-state index in [2.05, 4.69) is 9.88 Å². The lowest BCUT2D eigenvalue weighted by Gasteiger charge is -2.27. The van der Waals surface area contributed by atoms with Gasteiger partial charge < -0.3 is 4.74 Å². The molecule has 9 heteroatoms. The second-order valence-corrected chi connectivity index (χ2v) is 8.65. The summed E-state index contributed by atoms with van der Waals surface area (Å²) in [6.07, 6.45) is 2.01. The molecule has 0 spiro atoms. The Morgan fingerprint density at radius 2 is 1.89 bits per heavy atom. The first-order valence-electron chi connectivity index (χ1n) is 8.77. The van der Waals surface area contributed by atoms with Gasteiger partial charge in [0, 0.05) is 36.8 Å². The maximum atomic E-state index is 13.4. The molecule has 146 valence electrons. The Balaban J connectivity index is 1.94. The Kier molecular flexibility index (Phi) is 5.20. The minimum Gasteiger partial charge on any atom is -0.379 e. The zero-order chi connectivity index (χ0) is 19.7. The molecule has 7 nitrogen and oxygen atoms in total. The van der Waals surface area contributed by atoms with Gasteiger partial charge in [-0.1, -0.05) is 29.8 Å². The van der Waals surface area contributed by atoms with Gasteiger partial charge in [-0.25, -0.2) is 17.4 Å². The zero-order valence-electron chi connectivity index (χ0n) is 14.9. The summed E-state index contributed by atoms with van der Waals surface area (Å²) in [4.78, 5) is 17.6. The normalized spacial score (nSPS) is 15.8. The van der Waals surface area contributed by atoms with Crippen molar-refractivity contribution in [3.8, 4) is 0 Å². The number of aromatic nitrogens is 2. The molecule has 0 bridgehead atoms. The van der Waals surface area contributed by atoms with E-state index >= 15 is 0 Å². The first-order valence-corrected chi connectivity index (χ1v) is 10.6. The number of carbonyl (C=O) groups is 1. The van der Waals surface area contributed by atoms with Crippen LogP contribution >= 0.6 is 11.6 Å². The largest absolute Gasteiger partial charge is 0.379 e. The lowest BCUT2D eigenvalue weighted by Crippen LogP contribution is -2.36. The van der Waals surface area contributed by atoms with Gasteiger partial charge in [0.1, 0.15) is 0 Å². The summed E-state index contributed by atoms with van der Waals surface area (Å²) in [5.41, 5.74) is 0.974. The van der Waals surface area contributed by atoms with Crippen LogP contribution in [0, 0.1) is 0 Å². The molecular formula is C19H18ClN3O4S. The number of benzene rings is 1. The van der Waals surface area contributed by atoms with Crippen LogP contribution in [0.4, 0.5) is 0 Å². The lowest BCUT2D eigenvalue weighted by molar-refractivity contribution is 0.0336. The standard InChI is InChI=1S/C19H18ClN3O4S/c20-18-16-10-14(13-24)11-21-19(16)23(17(18)12-22-6-8-27-9-7-22)28(25,26)15-4-2-1-3-5-15/h1-5,10-11,13H,6-9,12H2. The van der Waals surface area contributed by atoms with Crippen LogP contribution in [0.3, 0.4) is 0 Å². The Morgan fingerprint density at radius 3 is 2.57 bits per heavy atom. The van der Waals surface area contributed by atoms with Crippen molar-refractivity contribution in [3.05, 3.63) is 58.9 Å². The van der Waals surface area contributed by atoms with Crippen LogP contribution in [0.15, 0.2) is 47.5 Å². The molecule has 28 heavy (non-hydrogen) atoms. The molecule has 1 saturated heterocycles. The molecule has 4 rings (SSSR count). The van der Waals surface area contributed by atoms with E-state index in [1.54, 1.807) is 24.3 Å². The summed E-state index contributed by atoms with van der Waals surface area (Å²) in [7, 11) is -3.92. The molecule has 0 saturated carbocycles. The SMILES string of the molecule is O=Cc1cnc2c(c1)c(Cl)c(CN1CCOCC1)n2S(=O)(=O)c1ccccc1. The summed E-state index contributed by atoms with van der Waals surface area (Å²) in [6, 6.07) is 9.72. The topological polar surface area (TPSA) is 81.5 Å². The van der Waals surface area contributed by atoms with Crippen LogP contribution in [0.25, 0.3) is 11.0 Å². The predicted molar refractivity (Wildman–Crippen MR) is 105 cm³/mol. The van der Waals surface area contributed by atoms with E-state index in [9.17, 15) is 13.2 Å². The van der Waals surface area contributed by atoms with Gasteiger partial charge in [0.05, 0.1) is 28.8 Å². The van der Waals surface area contributed by atoms with E-state index in [4.69, 9.17) is 16.3 Å². The van der Waals surface area contributed by atoms with Crippen molar-refractivity contribution < 1.29 is 17.9 Å². The third-order valence-corrected chi connectivity index (χ3v) is 6.87. The quantitative estimate of drug-likeness (QED) is 0.591. The van der Waals surface area contributed by atoms with Crippen LogP contribution in [0.2, 0.25) is 5.02 Å². The first kappa shape index (κ1) is 19.1. The summed E-state index contributed by atoms with van der Waals surface area (Å²) in [5, 5.41) is 0.728. The van der Waals surface area contributed by atoms with E-state index in [1.807, 2.05) is 0 Å². The number of morpholine rings is 1. The van der Waals surface area contributed by atoms with Gasteiger partial charge in [-0.15, -0.1) is 0 Å². The Hall–Kier alpha value is -2.26. The van der Waals surface area contributed by atoms with Crippen LogP contribution < -0.4 is 0 Å². The van der Waals surface area contributed by atoms with E-state index < -0.39 is 10.0 Å². The molecule has 0 atom stereocenters. The number of pyridine rings is 1. The second kappa shape index (κ2) is 7.63. The fourth-order valence-electron chi connectivity index (χ4n) is 3.30. The molecule has 0 aliphatic carbocycles. The molecule has 0 N–H and O–H groups in total. The number of ether oxygens (including phenoxy) is 1. The number of hydrogen-bond acceptors (Lipinski definition) is 6. The van der Waals surface area contributed by atoms with Gasteiger partial charge in [0.25, 0.3) is 10.0 Å². The van der Waals surface area contributed by atoms with Crippen molar-refractivity contribution in [3.63, 3.8) is 0 Å². The van der Waals surface area contributed by atoms with Gasteiger partial charge in [0.15, 0.2) is 11.9 Å². The lowest BCUT2D eigenvalue weighted by atomic mass is 10.2. The minimum absolute atomic E-state index is 0.146. The highest BCUT2D eigenvalue weighted by atomic mass is 35.5. The number of nitrogens with zero attached hydrogens (tertiary/aromatic N) is 3. The number of carbonyl (C=O) groups excluding carboxylic acids is 1. The van der Waals surface area contributed by atoms with Gasteiger partial charge in [0.2, 0.25) is 0 Å². The molecule has 3 heterocycles. The van der Waals surface area contributed by atoms with Gasteiger partial charge in [-0.3, -0.25) is 9.69 Å². The molecule has 0 radical (unpaired) electrons. The molecule has 0 unspecified atom stereocenters. The molecule has 1 fully saturated rings. The number of hydrogen-bond donors (Lipinski definition) is 0. The molecule has 1 aromatic carbocycles. The summed E-state index contributed by atoms with van der Waals surface area (Å²) in [5.74, 6) is 0. The Morgan fingerprint density at radius 1 is 1.18 bits per heavy atom. The average molecular weight is 420 g/mol. The van der Waals surface area contributed by atoms with Crippen molar-refractivity contribution in [2.45, 2.75) is 11.4 Å². The van der Waals surface area contributed by atoms with E-state index in [1.165, 1.54) is 22.3 Å². The average Bonchev–Trinajstić information content (AvgIpc) is 3.01. The van der Waals surface area contributed by atoms with Crippen molar-refractivity contribution in [2.24, 2.45) is 0 Å². The van der Waals surface area contributed by atoms with Crippen molar-refractivity contribution in [2.75, 3.05) is 26.3 Å². The number of aldehydes is 1. The fraction of sp³-hybridized carbons (Fsp3) is 0.263. The van der Waals surface area contributed by atoms with Gasteiger partial charge in [-0.2, -0.15) is 0 Å². The van der Waals surface area contributed by atoms with E-state index in [0.29, 0.717) is 55.8 Å². The fourth-order valence-corrected chi connectivity index (χ4v) is 5.15. The summed E-state index contributed by atoms with van der Waals surface area (Å²) >= 11 is 6.60. The number of rotatable bonds is 5. The predicted octanol–water partition coefficient (Wildman–Crippen LogP) is 2.57. The highest BCUT2D eigenvalue weighted by molar-refractivity contribution is 7.90. The number of fused-ring (bicyclic) bond motifs is 1. The zero-order valence-corrected chi connectivity index (χ0v) is 16.5. The smallest absolute Gasteiger partial charge is 0.269 e. The van der Waals surface area contributed by atoms with Gasteiger partial charge in [-0.05, 0) is 18.2 Å². The molecule has 0 amide bonds. The molecule has 1 aliphatic heterocycles. The van der Waals surface area contributed by atoms with Crippen LogP contribution in [-0.4, -0.2) is 54.9 Å². The third-order valence-electron chi connectivity index (χ3n) is 4.71. The highest BCUT2D eigenvalue weighted by Gasteiger charge is 2.28. The minimum atomic E-state index is -3.92. The monoisotopic (exact) mass is 419 g/mol. The Bertz CT molecular complexity index is 1120. The maximum absolute atomic E-state index is 13.4. The third kappa shape index (κ3) is 3.33. The first-order chi connectivity index (χ1) is 13.5. The molecule has 3 aromatic rings. The van der Waals surface area contributed by atoms with Crippen molar-refractivity contribution in [1.82, 2.24) is 13.9 Å². The number of halogens is 1. The van der Waals surface area contributed by atoms with Gasteiger partial charge >= 0.3 is 0 Å². The van der Waals surface area contributed by atoms with Crippen LogP contribution in [-0.2, 0) is 21.3 Å². The van der Waals surface area contributed by atoms with E-state index in [-0.39, 0.29) is 15.6 Å². The van der Waals surface area contributed by atoms with Crippen LogP contribution in [0.1, 0.15) is 16.1 Å². The maximum Gasteiger partial charge on any atom is 0.269 e. The molecule has 2 aromatic heterocycles. The van der Waals surface area contributed by atoms with Crippen molar-refractivity contribution >= 4 is 38.9 Å². The summed E-state index contributed by atoms with van der Waals surface area (Å²) in [6.45, 7) is 2.85. The van der Waals surface area contributed by atoms with Crippen LogP contribution in [0.5, 0.6) is 0 Å². The molecular weight excluding hydrogens is 402 g/mol. The van der Waals surface area contributed by atoms with E-state index in [0.717, 1.165) is 0 Å².